The fourth-order valence-electron chi connectivity index (χ4n) is 1.37. The normalized spacial score (nSPS) is 10.6. The highest BCUT2D eigenvalue weighted by Crippen LogP contribution is 2.23. The van der Waals surface area contributed by atoms with E-state index in [2.05, 4.69) is 41.2 Å². The van der Waals surface area contributed by atoms with Crippen molar-refractivity contribution >= 4 is 38.9 Å². The molecule has 2 aromatic rings. The molecule has 2 rings (SSSR count). The maximum absolute atomic E-state index is 3.41. The van der Waals surface area contributed by atoms with E-state index < -0.39 is 0 Å². The highest BCUT2D eigenvalue weighted by atomic mass is 32.2. The molecule has 1 heterocycles. The van der Waals surface area contributed by atoms with Gasteiger partial charge in [0.05, 0.1) is 0 Å². The Bertz CT molecular complexity index is 408. The molecule has 74 valence electrons. The molecule has 0 aliphatic carbocycles. The van der Waals surface area contributed by atoms with Gasteiger partial charge >= 0.3 is 0 Å². The average Bonchev–Trinajstić information content (AvgIpc) is 2.65. The summed E-state index contributed by atoms with van der Waals surface area (Å²) in [5.74, 6) is 1.15. The first-order chi connectivity index (χ1) is 6.90. The summed E-state index contributed by atoms with van der Waals surface area (Å²) in [4.78, 5) is 0. The first-order valence-corrected chi connectivity index (χ1v) is 6.87. The topological polar surface area (TPSA) is 12.0 Å². The van der Waals surface area contributed by atoms with Gasteiger partial charge in [0.15, 0.2) is 0 Å². The lowest BCUT2D eigenvalue weighted by atomic mass is 10.2. The van der Waals surface area contributed by atoms with Gasteiger partial charge in [0, 0.05) is 22.7 Å². The van der Waals surface area contributed by atoms with Gasteiger partial charge in [-0.1, -0.05) is 0 Å². The fraction of sp³-hybridized carbons (Fsp3) is 0.273. The molecule has 1 aromatic carbocycles. The molecule has 1 N–H and O–H groups in total. The second kappa shape index (κ2) is 4.71. The zero-order valence-electron chi connectivity index (χ0n) is 8.12. The summed E-state index contributed by atoms with van der Waals surface area (Å²) in [7, 11) is 0. The van der Waals surface area contributed by atoms with Crippen molar-refractivity contribution < 1.29 is 0 Å². The Hall–Kier alpha value is -0.670. The van der Waals surface area contributed by atoms with E-state index >= 15 is 0 Å². The Morgan fingerprint density at radius 2 is 2.29 bits per heavy atom. The zero-order valence-corrected chi connectivity index (χ0v) is 9.75. The van der Waals surface area contributed by atoms with E-state index in [4.69, 9.17) is 0 Å². The molecule has 0 aliphatic heterocycles. The maximum atomic E-state index is 3.41. The third-order valence-corrected chi connectivity index (χ3v) is 3.60. The summed E-state index contributed by atoms with van der Waals surface area (Å²) in [5, 5.41) is 6.88. The van der Waals surface area contributed by atoms with E-state index in [0.717, 1.165) is 12.3 Å². The molecule has 0 amide bonds. The van der Waals surface area contributed by atoms with Gasteiger partial charge in [-0.3, -0.25) is 0 Å². The number of hydrogen-bond acceptors (Lipinski definition) is 3. The van der Waals surface area contributed by atoms with E-state index in [9.17, 15) is 0 Å². The Morgan fingerprint density at radius 3 is 3.14 bits per heavy atom. The number of rotatable bonds is 4. The third kappa shape index (κ3) is 2.22. The summed E-state index contributed by atoms with van der Waals surface area (Å²) in [6.07, 6.45) is 2.13. The molecule has 0 saturated carbocycles. The second-order valence-electron chi connectivity index (χ2n) is 3.09. The van der Waals surface area contributed by atoms with E-state index in [-0.39, 0.29) is 0 Å². The van der Waals surface area contributed by atoms with E-state index in [1.54, 1.807) is 11.3 Å². The van der Waals surface area contributed by atoms with Crippen molar-refractivity contribution in [1.82, 2.24) is 0 Å². The molecule has 0 spiro atoms. The standard InChI is InChI=1S/C11H13NS2/c1-13-7-5-12-10-2-3-11-9(8-10)4-6-14-11/h2-4,6,8,12H,5,7H2,1H3. The Kier molecular flexibility index (Phi) is 3.32. The van der Waals surface area contributed by atoms with Gasteiger partial charge in [0.1, 0.15) is 0 Å². The molecule has 3 heteroatoms. The molecule has 0 bridgehead atoms. The minimum atomic E-state index is 1.04. The van der Waals surface area contributed by atoms with Crippen molar-refractivity contribution in [2.24, 2.45) is 0 Å². The van der Waals surface area contributed by atoms with Crippen molar-refractivity contribution in [1.29, 1.82) is 0 Å². The Labute approximate surface area is 92.5 Å². The summed E-state index contributed by atoms with van der Waals surface area (Å²) in [6.45, 7) is 1.04. The molecular weight excluding hydrogens is 210 g/mol. The molecule has 0 radical (unpaired) electrons. The number of benzene rings is 1. The van der Waals surface area contributed by atoms with Gasteiger partial charge in [0.25, 0.3) is 0 Å². The lowest BCUT2D eigenvalue weighted by Crippen LogP contribution is -2.02. The molecule has 0 fully saturated rings. The van der Waals surface area contributed by atoms with Gasteiger partial charge < -0.3 is 5.32 Å². The van der Waals surface area contributed by atoms with Gasteiger partial charge in [-0.05, 0) is 41.3 Å². The van der Waals surface area contributed by atoms with Gasteiger partial charge in [-0.15, -0.1) is 11.3 Å². The molecule has 14 heavy (non-hydrogen) atoms. The number of thioether (sulfide) groups is 1. The quantitative estimate of drug-likeness (QED) is 0.794. The number of fused-ring (bicyclic) bond motifs is 1. The predicted octanol–water partition coefficient (Wildman–Crippen LogP) is 3.68. The van der Waals surface area contributed by atoms with Gasteiger partial charge in [0.2, 0.25) is 0 Å². The molecule has 0 saturated heterocycles. The molecule has 1 nitrogen and oxygen atoms in total. The number of anilines is 1. The van der Waals surface area contributed by atoms with Crippen LogP contribution in [0.4, 0.5) is 5.69 Å². The molecule has 0 aliphatic rings. The van der Waals surface area contributed by atoms with E-state index in [1.807, 2.05) is 11.8 Å². The van der Waals surface area contributed by atoms with Crippen LogP contribution in [-0.2, 0) is 0 Å². The largest absolute Gasteiger partial charge is 0.384 e. The highest BCUT2D eigenvalue weighted by molar-refractivity contribution is 7.98. The van der Waals surface area contributed by atoms with Crippen LogP contribution in [0.3, 0.4) is 0 Å². The minimum absolute atomic E-state index is 1.04. The zero-order chi connectivity index (χ0) is 9.80. The van der Waals surface area contributed by atoms with Crippen LogP contribution in [0.15, 0.2) is 29.6 Å². The fourth-order valence-corrected chi connectivity index (χ4v) is 2.45. The Balaban J connectivity index is 2.10. The van der Waals surface area contributed by atoms with Crippen LogP contribution in [0.1, 0.15) is 0 Å². The summed E-state index contributed by atoms with van der Waals surface area (Å²) < 4.78 is 1.36. The Morgan fingerprint density at radius 1 is 1.36 bits per heavy atom. The summed E-state index contributed by atoms with van der Waals surface area (Å²) in [6, 6.07) is 8.71. The van der Waals surface area contributed by atoms with Crippen LogP contribution in [0.25, 0.3) is 10.1 Å². The smallest absolute Gasteiger partial charge is 0.0347 e. The number of hydrogen-bond donors (Lipinski definition) is 1. The van der Waals surface area contributed by atoms with Crippen LogP contribution >= 0.6 is 23.1 Å². The van der Waals surface area contributed by atoms with Crippen molar-refractivity contribution in [3.63, 3.8) is 0 Å². The minimum Gasteiger partial charge on any atom is -0.384 e. The number of nitrogens with one attached hydrogen (secondary N) is 1. The van der Waals surface area contributed by atoms with Crippen molar-refractivity contribution in [2.45, 2.75) is 0 Å². The SMILES string of the molecule is CSCCNc1ccc2sccc2c1. The lowest BCUT2D eigenvalue weighted by molar-refractivity contribution is 1.23. The average molecular weight is 223 g/mol. The van der Waals surface area contributed by atoms with Crippen molar-refractivity contribution in [2.75, 3.05) is 23.9 Å². The maximum Gasteiger partial charge on any atom is 0.0347 e. The van der Waals surface area contributed by atoms with Crippen LogP contribution in [0, 0.1) is 0 Å². The van der Waals surface area contributed by atoms with Crippen LogP contribution in [0.2, 0.25) is 0 Å². The molecule has 1 aromatic heterocycles. The number of thiophene rings is 1. The first kappa shape index (κ1) is 9.87. The van der Waals surface area contributed by atoms with Crippen molar-refractivity contribution in [3.8, 4) is 0 Å². The second-order valence-corrected chi connectivity index (χ2v) is 5.03. The van der Waals surface area contributed by atoms with Crippen LogP contribution in [-0.4, -0.2) is 18.6 Å². The summed E-state index contributed by atoms with van der Waals surface area (Å²) in [5.41, 5.74) is 1.23. The lowest BCUT2D eigenvalue weighted by Gasteiger charge is -2.04. The summed E-state index contributed by atoms with van der Waals surface area (Å²) >= 11 is 3.66. The highest BCUT2D eigenvalue weighted by Gasteiger charge is 1.96. The van der Waals surface area contributed by atoms with Crippen molar-refractivity contribution in [3.05, 3.63) is 29.6 Å². The van der Waals surface area contributed by atoms with Crippen LogP contribution < -0.4 is 5.32 Å². The van der Waals surface area contributed by atoms with Gasteiger partial charge in [-0.2, -0.15) is 11.8 Å². The molecular formula is C11H13NS2. The van der Waals surface area contributed by atoms with Crippen LogP contribution in [0.5, 0.6) is 0 Å². The molecule has 0 atom stereocenters. The third-order valence-electron chi connectivity index (χ3n) is 2.09. The van der Waals surface area contributed by atoms with E-state index in [0.29, 0.717) is 0 Å². The monoisotopic (exact) mass is 223 g/mol. The van der Waals surface area contributed by atoms with Gasteiger partial charge in [-0.25, -0.2) is 0 Å². The van der Waals surface area contributed by atoms with E-state index in [1.165, 1.54) is 15.8 Å². The predicted molar refractivity (Wildman–Crippen MR) is 68.7 cm³/mol. The first-order valence-electron chi connectivity index (χ1n) is 4.60. The molecule has 0 unspecified atom stereocenters.